The van der Waals surface area contributed by atoms with Gasteiger partial charge >= 0.3 is 5.97 Å². The van der Waals surface area contributed by atoms with Crippen molar-refractivity contribution < 1.29 is 9.53 Å². The van der Waals surface area contributed by atoms with Crippen molar-refractivity contribution in [2.75, 3.05) is 6.61 Å². The van der Waals surface area contributed by atoms with Gasteiger partial charge in [-0.3, -0.25) is 4.79 Å². The van der Waals surface area contributed by atoms with E-state index in [4.69, 9.17) is 4.74 Å². The molecule has 0 aliphatic carbocycles. The number of carbonyl (C=O) groups is 1. The summed E-state index contributed by atoms with van der Waals surface area (Å²) in [5.41, 5.74) is 0. The van der Waals surface area contributed by atoms with E-state index in [-0.39, 0.29) is 5.97 Å². The van der Waals surface area contributed by atoms with E-state index in [1.807, 2.05) is 0 Å². The summed E-state index contributed by atoms with van der Waals surface area (Å²) >= 11 is 0. The molecule has 0 saturated heterocycles. The molecule has 0 amide bonds. The topological polar surface area (TPSA) is 26.3 Å². The predicted molar refractivity (Wildman–Crippen MR) is 151 cm³/mol. The van der Waals surface area contributed by atoms with Crippen LogP contribution >= 0.6 is 0 Å². The first-order valence-electron chi connectivity index (χ1n) is 15.3. The third kappa shape index (κ3) is 29.0. The Hall–Kier alpha value is -1.05. The number of hydrogen-bond acceptors (Lipinski definition) is 2. The van der Waals surface area contributed by atoms with Crippen LogP contribution in [0.3, 0.4) is 0 Å². The van der Waals surface area contributed by atoms with Gasteiger partial charge in [-0.1, -0.05) is 141 Å². The molecule has 34 heavy (non-hydrogen) atoms. The molecule has 0 aromatic rings. The molecule has 0 aromatic carbocycles. The molecule has 0 atom stereocenters. The molecule has 200 valence electrons. The normalized spacial score (nSPS) is 11.7. The van der Waals surface area contributed by atoms with Gasteiger partial charge in [-0.15, -0.1) is 0 Å². The Balaban J connectivity index is 3.23. The van der Waals surface area contributed by atoms with Crippen LogP contribution in [0.1, 0.15) is 168 Å². The molecule has 0 aliphatic heterocycles. The molecule has 0 bridgehead atoms. The van der Waals surface area contributed by atoms with Crippen molar-refractivity contribution in [2.24, 2.45) is 0 Å². The molecule has 0 aromatic heterocycles. The average molecular weight is 477 g/mol. The molecule has 0 unspecified atom stereocenters. The van der Waals surface area contributed by atoms with Crippen LogP contribution in [0.5, 0.6) is 0 Å². The number of carbonyl (C=O) groups excluding carboxylic acids is 1. The molecule has 0 heterocycles. The van der Waals surface area contributed by atoms with E-state index < -0.39 is 0 Å². The number of rotatable bonds is 27. The summed E-state index contributed by atoms with van der Waals surface area (Å²) in [5.74, 6) is 0.00811. The Morgan fingerprint density at radius 1 is 0.500 bits per heavy atom. The summed E-state index contributed by atoms with van der Waals surface area (Å²) < 4.78 is 5.40. The Bertz CT molecular complexity index is 452. The van der Waals surface area contributed by atoms with Crippen molar-refractivity contribution in [1.82, 2.24) is 0 Å². The number of esters is 1. The smallest absolute Gasteiger partial charge is 0.305 e. The summed E-state index contributed by atoms with van der Waals surface area (Å²) in [6.07, 6.45) is 39.3. The van der Waals surface area contributed by atoms with Crippen LogP contribution in [0.25, 0.3) is 0 Å². The van der Waals surface area contributed by atoms with E-state index in [1.54, 1.807) is 0 Å². The van der Waals surface area contributed by atoms with E-state index in [1.165, 1.54) is 122 Å². The van der Waals surface area contributed by atoms with Crippen LogP contribution in [0.15, 0.2) is 24.3 Å². The number of unbranched alkanes of at least 4 members (excludes halogenated alkanes) is 19. The molecular formula is C32H60O2. The highest BCUT2D eigenvalue weighted by Crippen LogP contribution is 2.12. The van der Waals surface area contributed by atoms with Gasteiger partial charge < -0.3 is 4.74 Å². The molecule has 0 radical (unpaired) electrons. The maximum atomic E-state index is 11.8. The monoisotopic (exact) mass is 476 g/mol. The average Bonchev–Trinajstić information content (AvgIpc) is 2.84. The van der Waals surface area contributed by atoms with Gasteiger partial charge in [-0.05, 0) is 44.9 Å². The van der Waals surface area contributed by atoms with Gasteiger partial charge in [0.25, 0.3) is 0 Å². The zero-order valence-corrected chi connectivity index (χ0v) is 23.3. The standard InChI is InChI=1S/C32H60O2/c1-3-5-7-9-11-13-15-17-18-19-20-22-24-26-28-30-32(33)34-31-29-27-25-23-21-16-14-12-10-8-6-4-2/h11,13,17-18H,3-10,12,14-16,19-31H2,1-2H3/b13-11-,18-17-. The van der Waals surface area contributed by atoms with E-state index in [0.717, 1.165) is 25.7 Å². The van der Waals surface area contributed by atoms with E-state index in [9.17, 15) is 4.79 Å². The number of allylic oxidation sites excluding steroid dienone is 4. The highest BCUT2D eigenvalue weighted by molar-refractivity contribution is 5.69. The second kappa shape index (κ2) is 30.0. The van der Waals surface area contributed by atoms with Crippen molar-refractivity contribution in [3.63, 3.8) is 0 Å². The molecule has 0 N–H and O–H groups in total. The molecule has 2 nitrogen and oxygen atoms in total. The molecule has 0 fully saturated rings. The zero-order valence-electron chi connectivity index (χ0n) is 23.3. The fourth-order valence-corrected chi connectivity index (χ4v) is 4.28. The molecular weight excluding hydrogens is 416 g/mol. The Morgan fingerprint density at radius 3 is 1.47 bits per heavy atom. The molecule has 0 spiro atoms. The van der Waals surface area contributed by atoms with Crippen LogP contribution in [0, 0.1) is 0 Å². The second-order valence-electron chi connectivity index (χ2n) is 10.1. The summed E-state index contributed by atoms with van der Waals surface area (Å²) in [4.78, 5) is 11.8. The first-order valence-corrected chi connectivity index (χ1v) is 15.3. The van der Waals surface area contributed by atoms with E-state index >= 15 is 0 Å². The first kappa shape index (κ1) is 33.0. The minimum atomic E-state index is 0.00811. The fraction of sp³-hybridized carbons (Fsp3) is 0.844. The number of hydrogen-bond donors (Lipinski definition) is 0. The SMILES string of the molecule is CCCCC/C=C\C/C=C\CCCCCCCC(=O)OCCCCCCCCCCCCCC. The summed E-state index contributed by atoms with van der Waals surface area (Å²) in [6.45, 7) is 5.15. The lowest BCUT2D eigenvalue weighted by molar-refractivity contribution is -0.143. The van der Waals surface area contributed by atoms with Crippen LogP contribution in [0.2, 0.25) is 0 Å². The van der Waals surface area contributed by atoms with E-state index in [0.29, 0.717) is 13.0 Å². The Kier molecular flexibility index (Phi) is 29.1. The quantitative estimate of drug-likeness (QED) is 0.0669. The lowest BCUT2D eigenvalue weighted by atomic mass is 10.1. The van der Waals surface area contributed by atoms with Crippen LogP contribution < -0.4 is 0 Å². The van der Waals surface area contributed by atoms with Crippen LogP contribution in [-0.2, 0) is 9.53 Å². The summed E-state index contributed by atoms with van der Waals surface area (Å²) in [7, 11) is 0. The molecule has 0 rings (SSSR count). The Morgan fingerprint density at radius 2 is 0.912 bits per heavy atom. The van der Waals surface area contributed by atoms with Crippen molar-refractivity contribution in [3.05, 3.63) is 24.3 Å². The minimum absolute atomic E-state index is 0.00811. The van der Waals surface area contributed by atoms with Crippen LogP contribution in [0.4, 0.5) is 0 Å². The van der Waals surface area contributed by atoms with Crippen molar-refractivity contribution in [1.29, 1.82) is 0 Å². The molecule has 0 aliphatic rings. The van der Waals surface area contributed by atoms with Gasteiger partial charge in [0.05, 0.1) is 6.61 Å². The molecule has 0 saturated carbocycles. The van der Waals surface area contributed by atoms with Gasteiger partial charge in [0.2, 0.25) is 0 Å². The highest BCUT2D eigenvalue weighted by Gasteiger charge is 2.02. The van der Waals surface area contributed by atoms with Gasteiger partial charge in [0, 0.05) is 6.42 Å². The predicted octanol–water partition coefficient (Wildman–Crippen LogP) is 11.0. The maximum absolute atomic E-state index is 11.8. The zero-order chi connectivity index (χ0) is 24.8. The van der Waals surface area contributed by atoms with Crippen molar-refractivity contribution in [3.8, 4) is 0 Å². The van der Waals surface area contributed by atoms with Crippen molar-refractivity contribution in [2.45, 2.75) is 168 Å². The second-order valence-corrected chi connectivity index (χ2v) is 10.1. The largest absolute Gasteiger partial charge is 0.466 e. The van der Waals surface area contributed by atoms with Gasteiger partial charge in [0.15, 0.2) is 0 Å². The summed E-state index contributed by atoms with van der Waals surface area (Å²) in [5, 5.41) is 0. The lowest BCUT2D eigenvalue weighted by Crippen LogP contribution is -2.05. The third-order valence-corrected chi connectivity index (χ3v) is 6.59. The fourth-order valence-electron chi connectivity index (χ4n) is 4.28. The first-order chi connectivity index (χ1) is 16.8. The minimum Gasteiger partial charge on any atom is -0.466 e. The van der Waals surface area contributed by atoms with Crippen molar-refractivity contribution >= 4 is 5.97 Å². The van der Waals surface area contributed by atoms with Crippen LogP contribution in [-0.4, -0.2) is 12.6 Å². The molecule has 2 heteroatoms. The van der Waals surface area contributed by atoms with Gasteiger partial charge in [-0.25, -0.2) is 0 Å². The summed E-state index contributed by atoms with van der Waals surface area (Å²) in [6, 6.07) is 0. The van der Waals surface area contributed by atoms with Gasteiger partial charge in [0.1, 0.15) is 0 Å². The highest BCUT2D eigenvalue weighted by atomic mass is 16.5. The Labute approximate surface area is 214 Å². The lowest BCUT2D eigenvalue weighted by Gasteiger charge is -2.05. The van der Waals surface area contributed by atoms with E-state index in [2.05, 4.69) is 38.2 Å². The maximum Gasteiger partial charge on any atom is 0.305 e. The number of ether oxygens (including phenoxy) is 1. The van der Waals surface area contributed by atoms with Gasteiger partial charge in [-0.2, -0.15) is 0 Å². The third-order valence-electron chi connectivity index (χ3n) is 6.59.